The molecule has 0 spiro atoms. The van der Waals surface area contributed by atoms with Crippen molar-refractivity contribution in [1.82, 2.24) is 14.9 Å². The molecule has 0 radical (unpaired) electrons. The number of aliphatic hydroxyl groups excluding tert-OH is 1. The van der Waals surface area contributed by atoms with E-state index < -0.39 is 0 Å². The summed E-state index contributed by atoms with van der Waals surface area (Å²) in [6, 6.07) is 8.08. The fourth-order valence-electron chi connectivity index (χ4n) is 3.70. The van der Waals surface area contributed by atoms with Gasteiger partial charge < -0.3 is 10.0 Å². The van der Waals surface area contributed by atoms with Gasteiger partial charge in [-0.3, -0.25) is 4.79 Å². The molecule has 1 unspecified atom stereocenters. The third kappa shape index (κ3) is 3.63. The molecule has 2 aromatic rings. The Balaban J connectivity index is 1.39. The van der Waals surface area contributed by atoms with Crippen LogP contribution in [0.3, 0.4) is 0 Å². The van der Waals surface area contributed by atoms with Crippen LogP contribution in [0.4, 0.5) is 0 Å². The molecule has 1 atom stereocenters. The number of aliphatic hydroxyl groups is 1. The van der Waals surface area contributed by atoms with Crippen LogP contribution in [0.25, 0.3) is 0 Å². The number of hydrogen-bond donors (Lipinski definition) is 1. The lowest BCUT2D eigenvalue weighted by atomic mass is 9.98. The van der Waals surface area contributed by atoms with Gasteiger partial charge in [-0.05, 0) is 49.7 Å². The number of carbonyl (C=O) groups excluding carboxylic acids is 1. The predicted molar refractivity (Wildman–Crippen MR) is 98.8 cm³/mol. The highest BCUT2D eigenvalue weighted by molar-refractivity contribution is 5.95. The molecule has 2 aliphatic rings. The van der Waals surface area contributed by atoms with Crippen LogP contribution in [-0.2, 0) is 13.0 Å². The molecule has 1 amide bonds. The largest absolute Gasteiger partial charge is 0.392 e. The van der Waals surface area contributed by atoms with Crippen LogP contribution in [0.5, 0.6) is 0 Å². The number of nitrogens with zero attached hydrogens (tertiary/aromatic N) is 3. The number of aromatic nitrogens is 2. The molecule has 1 N–H and O–H groups in total. The molecule has 1 saturated heterocycles. The van der Waals surface area contributed by atoms with Crippen molar-refractivity contribution in [3.8, 4) is 0 Å². The molecule has 136 valence electrons. The van der Waals surface area contributed by atoms with E-state index in [0.717, 1.165) is 43.0 Å². The van der Waals surface area contributed by atoms with Crippen molar-refractivity contribution < 1.29 is 9.90 Å². The minimum atomic E-state index is 0.0583. The summed E-state index contributed by atoms with van der Waals surface area (Å²) in [5.74, 6) is 1.93. The maximum Gasteiger partial charge on any atom is 0.257 e. The van der Waals surface area contributed by atoms with Gasteiger partial charge in [0.1, 0.15) is 5.82 Å². The van der Waals surface area contributed by atoms with Crippen LogP contribution in [-0.4, -0.2) is 39.0 Å². The van der Waals surface area contributed by atoms with Gasteiger partial charge in [0.2, 0.25) is 0 Å². The van der Waals surface area contributed by atoms with E-state index in [1.165, 1.54) is 18.4 Å². The van der Waals surface area contributed by atoms with Crippen molar-refractivity contribution in [2.24, 2.45) is 5.92 Å². The average Bonchev–Trinajstić information content (AvgIpc) is 3.41. The summed E-state index contributed by atoms with van der Waals surface area (Å²) in [6.45, 7) is 3.57. The first-order valence-electron chi connectivity index (χ1n) is 9.45. The number of carbonyl (C=O) groups is 1. The molecule has 0 bridgehead atoms. The zero-order chi connectivity index (χ0) is 18.1. The highest BCUT2D eigenvalue weighted by Gasteiger charge is 2.30. The summed E-state index contributed by atoms with van der Waals surface area (Å²) in [5.41, 5.74) is 3.63. The van der Waals surface area contributed by atoms with Gasteiger partial charge in [0.25, 0.3) is 5.91 Å². The third-order valence-electron chi connectivity index (χ3n) is 5.47. The molecule has 1 saturated carbocycles. The lowest BCUT2D eigenvalue weighted by molar-refractivity contribution is 0.0785. The van der Waals surface area contributed by atoms with Crippen molar-refractivity contribution in [3.05, 3.63) is 58.7 Å². The Hall–Kier alpha value is -2.27. The van der Waals surface area contributed by atoms with Gasteiger partial charge in [0, 0.05) is 25.2 Å². The van der Waals surface area contributed by atoms with Crippen LogP contribution in [0.1, 0.15) is 58.2 Å². The second-order valence-electron chi connectivity index (χ2n) is 7.59. The first-order valence-corrected chi connectivity index (χ1v) is 9.45. The van der Waals surface area contributed by atoms with Gasteiger partial charge >= 0.3 is 0 Å². The van der Waals surface area contributed by atoms with Crippen LogP contribution in [0.2, 0.25) is 0 Å². The predicted octanol–water partition coefficient (Wildman–Crippen LogP) is 2.86. The number of aryl methyl sites for hydroxylation is 1. The Morgan fingerprint density at radius 1 is 1.19 bits per heavy atom. The minimum absolute atomic E-state index is 0.0583. The zero-order valence-corrected chi connectivity index (χ0v) is 15.2. The van der Waals surface area contributed by atoms with Crippen molar-refractivity contribution in [2.45, 2.75) is 45.1 Å². The molecule has 5 nitrogen and oxygen atoms in total. The summed E-state index contributed by atoms with van der Waals surface area (Å²) in [6.07, 6.45) is 6.04. The van der Waals surface area contributed by atoms with Crippen molar-refractivity contribution >= 4 is 5.91 Å². The van der Waals surface area contributed by atoms with E-state index in [9.17, 15) is 4.79 Å². The lowest BCUT2D eigenvalue weighted by Crippen LogP contribution is -2.30. The van der Waals surface area contributed by atoms with E-state index in [2.05, 4.69) is 22.1 Å². The first-order chi connectivity index (χ1) is 12.6. The SMILES string of the molecule is Cc1nc(C2CC2)ncc1C(=O)N1CCC(Cc2ccc(CO)cc2)C1. The Morgan fingerprint density at radius 3 is 2.58 bits per heavy atom. The van der Waals surface area contributed by atoms with E-state index in [0.29, 0.717) is 17.4 Å². The molecule has 5 heteroatoms. The molecule has 26 heavy (non-hydrogen) atoms. The Labute approximate surface area is 154 Å². The number of likely N-dealkylation sites (tertiary alicyclic amines) is 1. The molecule has 1 aliphatic heterocycles. The Bertz CT molecular complexity index is 799. The molecule has 2 heterocycles. The lowest BCUT2D eigenvalue weighted by Gasteiger charge is -2.18. The van der Waals surface area contributed by atoms with Crippen LogP contribution >= 0.6 is 0 Å². The van der Waals surface area contributed by atoms with Crippen LogP contribution in [0, 0.1) is 12.8 Å². The average molecular weight is 351 g/mol. The number of amides is 1. The first kappa shape index (κ1) is 17.2. The van der Waals surface area contributed by atoms with E-state index in [1.54, 1.807) is 6.20 Å². The van der Waals surface area contributed by atoms with Gasteiger partial charge in [0.05, 0.1) is 17.9 Å². The number of rotatable bonds is 5. The van der Waals surface area contributed by atoms with E-state index in [4.69, 9.17) is 5.11 Å². The van der Waals surface area contributed by atoms with Gasteiger partial charge in [0.15, 0.2) is 0 Å². The summed E-state index contributed by atoms with van der Waals surface area (Å²) in [5, 5.41) is 9.14. The maximum atomic E-state index is 12.9. The summed E-state index contributed by atoms with van der Waals surface area (Å²) in [7, 11) is 0. The summed E-state index contributed by atoms with van der Waals surface area (Å²) >= 11 is 0. The standard InChI is InChI=1S/C21H25N3O2/c1-14-19(11-22-20(23-14)18-6-7-18)21(26)24-9-8-17(12-24)10-15-2-4-16(13-25)5-3-15/h2-5,11,17-18,25H,6-10,12-13H2,1H3. The van der Waals surface area contributed by atoms with Gasteiger partial charge in [-0.1, -0.05) is 24.3 Å². The summed E-state index contributed by atoms with van der Waals surface area (Å²) < 4.78 is 0. The Kier molecular flexibility index (Phi) is 4.72. The van der Waals surface area contributed by atoms with E-state index >= 15 is 0 Å². The molecule has 4 rings (SSSR count). The zero-order valence-electron chi connectivity index (χ0n) is 15.2. The van der Waals surface area contributed by atoms with Crippen molar-refractivity contribution in [1.29, 1.82) is 0 Å². The number of benzene rings is 1. The fraction of sp³-hybridized carbons (Fsp3) is 0.476. The Morgan fingerprint density at radius 2 is 1.92 bits per heavy atom. The van der Waals surface area contributed by atoms with Gasteiger partial charge in [-0.2, -0.15) is 0 Å². The monoisotopic (exact) mass is 351 g/mol. The van der Waals surface area contributed by atoms with Gasteiger partial charge in [-0.15, -0.1) is 0 Å². The molecule has 1 aliphatic carbocycles. The molecule has 2 fully saturated rings. The van der Waals surface area contributed by atoms with Crippen molar-refractivity contribution in [2.75, 3.05) is 13.1 Å². The molecule has 1 aromatic carbocycles. The van der Waals surface area contributed by atoms with Crippen LogP contribution < -0.4 is 0 Å². The van der Waals surface area contributed by atoms with E-state index in [-0.39, 0.29) is 12.5 Å². The van der Waals surface area contributed by atoms with E-state index in [1.807, 2.05) is 24.0 Å². The van der Waals surface area contributed by atoms with Crippen LogP contribution in [0.15, 0.2) is 30.5 Å². The molecular weight excluding hydrogens is 326 g/mol. The second-order valence-corrected chi connectivity index (χ2v) is 7.59. The third-order valence-corrected chi connectivity index (χ3v) is 5.47. The fourth-order valence-corrected chi connectivity index (χ4v) is 3.70. The molecular formula is C21H25N3O2. The summed E-state index contributed by atoms with van der Waals surface area (Å²) in [4.78, 5) is 23.8. The topological polar surface area (TPSA) is 66.3 Å². The number of hydrogen-bond acceptors (Lipinski definition) is 4. The second kappa shape index (κ2) is 7.16. The quantitative estimate of drug-likeness (QED) is 0.899. The maximum absolute atomic E-state index is 12.9. The molecule has 1 aromatic heterocycles. The van der Waals surface area contributed by atoms with Gasteiger partial charge in [-0.25, -0.2) is 9.97 Å². The highest BCUT2D eigenvalue weighted by atomic mass is 16.3. The highest BCUT2D eigenvalue weighted by Crippen LogP contribution is 2.38. The minimum Gasteiger partial charge on any atom is -0.392 e. The normalized spacial score (nSPS) is 19.8. The smallest absolute Gasteiger partial charge is 0.257 e. The van der Waals surface area contributed by atoms with Crippen molar-refractivity contribution in [3.63, 3.8) is 0 Å².